The number of nitrogens with two attached hydrogens (primary N) is 1. The van der Waals surface area contributed by atoms with Crippen molar-refractivity contribution in [3.05, 3.63) is 48.0 Å². The van der Waals surface area contributed by atoms with Crippen LogP contribution in [0.3, 0.4) is 0 Å². The Morgan fingerprint density at radius 3 is 2.43 bits per heavy atom. The first kappa shape index (κ1) is 28.5. The highest BCUT2D eigenvalue weighted by molar-refractivity contribution is 7.59. The van der Waals surface area contributed by atoms with E-state index in [0.29, 0.717) is 16.7 Å². The fourth-order valence-corrected chi connectivity index (χ4v) is 5.98. The largest absolute Gasteiger partial charge is 0.480 e. The second-order valence-electron chi connectivity index (χ2n) is 9.19. The molecule has 3 aromatic rings. The van der Waals surface area contributed by atoms with Crippen LogP contribution in [0.2, 0.25) is 0 Å². The number of aromatic nitrogens is 4. The van der Waals surface area contributed by atoms with E-state index in [1.165, 1.54) is 38.6 Å². The van der Waals surface area contributed by atoms with E-state index in [1.54, 1.807) is 18.4 Å². The highest BCUT2D eigenvalue weighted by atomic mass is 31.2. The Hall–Kier alpha value is -3.06. The minimum Gasteiger partial charge on any atom is -0.480 e. The number of halogens is 3. The van der Waals surface area contributed by atoms with Crippen molar-refractivity contribution in [2.24, 2.45) is 0 Å². The first-order chi connectivity index (χ1) is 17.1. The van der Waals surface area contributed by atoms with Crippen molar-refractivity contribution < 1.29 is 32.4 Å². The molecule has 3 rings (SSSR count). The normalized spacial score (nSPS) is 15.9. The zero-order chi connectivity index (χ0) is 27.6. The molecule has 11 nitrogen and oxygen atoms in total. The fourth-order valence-electron chi connectivity index (χ4n) is 3.54. The topological polar surface area (TPSA) is 157 Å². The van der Waals surface area contributed by atoms with E-state index in [1.807, 2.05) is 0 Å². The van der Waals surface area contributed by atoms with Crippen LogP contribution in [-0.4, -0.2) is 48.6 Å². The number of fused-ring (bicyclic) bond motifs is 1. The van der Waals surface area contributed by atoms with Crippen molar-refractivity contribution in [2.75, 3.05) is 12.1 Å². The van der Waals surface area contributed by atoms with E-state index in [9.17, 15) is 27.6 Å². The molecule has 202 valence electrons. The lowest BCUT2D eigenvalue weighted by atomic mass is 10.1. The van der Waals surface area contributed by atoms with Gasteiger partial charge in [0.1, 0.15) is 23.7 Å². The number of nitrogens with one attached hydrogen (secondary N) is 2. The van der Waals surface area contributed by atoms with Gasteiger partial charge in [0.25, 0.3) is 0 Å². The first-order valence-electron chi connectivity index (χ1n) is 11.2. The van der Waals surface area contributed by atoms with E-state index in [4.69, 9.17) is 10.5 Å². The maximum atomic E-state index is 13.9. The molecule has 1 aromatic carbocycles. The van der Waals surface area contributed by atoms with Crippen LogP contribution in [0.25, 0.3) is 11.2 Å². The van der Waals surface area contributed by atoms with Crippen molar-refractivity contribution in [2.45, 2.75) is 58.1 Å². The predicted octanol–water partition coefficient (Wildman–Crippen LogP) is 3.79. The van der Waals surface area contributed by atoms with Crippen LogP contribution in [-0.2, 0) is 26.8 Å². The number of carbonyl (C=O) groups is 1. The molecule has 5 N–H and O–H groups in total. The molecule has 0 aliphatic heterocycles. The van der Waals surface area contributed by atoms with Gasteiger partial charge in [-0.3, -0.25) is 9.36 Å². The molecule has 2 unspecified atom stereocenters. The second kappa shape index (κ2) is 10.7. The zero-order valence-electron chi connectivity index (χ0n) is 20.7. The van der Waals surface area contributed by atoms with Gasteiger partial charge in [0, 0.05) is 6.04 Å². The number of rotatable bonds is 11. The molecule has 0 aliphatic carbocycles. The summed E-state index contributed by atoms with van der Waals surface area (Å²) in [7, 11) is -3.76. The minimum absolute atomic E-state index is 0.225. The summed E-state index contributed by atoms with van der Waals surface area (Å²) in [6.45, 7) is 6.29. The summed E-state index contributed by atoms with van der Waals surface area (Å²) < 4.78 is 60.1. The fraction of sp³-hybridized carbons (Fsp3) is 0.455. The Morgan fingerprint density at radius 2 is 1.84 bits per heavy atom. The van der Waals surface area contributed by atoms with Crippen molar-refractivity contribution in [1.82, 2.24) is 29.7 Å². The molecule has 0 bridgehead atoms. The van der Waals surface area contributed by atoms with Crippen LogP contribution < -0.4 is 15.9 Å². The molecule has 0 amide bonds. The number of nitrogen functional groups attached to an aromatic ring is 1. The van der Waals surface area contributed by atoms with Gasteiger partial charge in [-0.25, -0.2) is 25.1 Å². The summed E-state index contributed by atoms with van der Waals surface area (Å²) in [6, 6.07) is 3.71. The van der Waals surface area contributed by atoms with Gasteiger partial charge < -0.3 is 20.1 Å². The number of ether oxygens (including phenoxy) is 1. The second-order valence-corrected chi connectivity index (χ2v) is 11.4. The van der Waals surface area contributed by atoms with Gasteiger partial charge in [0.2, 0.25) is 7.44 Å². The summed E-state index contributed by atoms with van der Waals surface area (Å²) in [6.07, 6.45) is -2.58. The molecule has 2 heterocycles. The number of hydrogen-bond acceptors (Lipinski definition) is 7. The van der Waals surface area contributed by atoms with Crippen molar-refractivity contribution in [3.8, 4) is 0 Å². The SMILES string of the molecule is CC(Cn1cnc2c(N)ncnc21)OCP(=O)(N[C@@H](C)c1ccc(C(F)(F)F)cc1)NC(C)(C)C(=O)O. The molecule has 2 aromatic heterocycles. The summed E-state index contributed by atoms with van der Waals surface area (Å²) in [5.41, 5.74) is 4.75. The van der Waals surface area contributed by atoms with Gasteiger partial charge in [-0.15, -0.1) is 0 Å². The number of carboxylic acid groups (broad SMARTS) is 1. The van der Waals surface area contributed by atoms with E-state index < -0.39 is 49.2 Å². The number of aliphatic carboxylic acids is 1. The van der Waals surface area contributed by atoms with Gasteiger partial charge in [-0.1, -0.05) is 12.1 Å². The van der Waals surface area contributed by atoms with Gasteiger partial charge in [0.05, 0.1) is 24.5 Å². The minimum atomic E-state index is -4.49. The third kappa shape index (κ3) is 7.04. The molecule has 15 heteroatoms. The monoisotopic (exact) mass is 543 g/mol. The standard InChI is InChI=1S/C22H29F3N7O4P/c1-13(9-32-11-29-17-18(26)27-10-28-19(17)32)36-12-37(35,31-21(3,4)20(33)34)30-14(2)15-5-7-16(8-6-15)22(23,24)25/h5-8,10-11,13-14H,9,12H2,1-4H3,(H,33,34)(H2,26,27,28)(H2,30,31,35)/t13?,14-,37?/m0/s1. The lowest BCUT2D eigenvalue weighted by molar-refractivity contribution is -0.142. The van der Waals surface area contributed by atoms with E-state index in [0.717, 1.165) is 12.1 Å². The Morgan fingerprint density at radius 1 is 1.19 bits per heavy atom. The van der Waals surface area contributed by atoms with Crippen LogP contribution in [0.4, 0.5) is 19.0 Å². The average molecular weight is 543 g/mol. The molecule has 0 radical (unpaired) electrons. The highest BCUT2D eigenvalue weighted by Crippen LogP contribution is 2.42. The summed E-state index contributed by atoms with van der Waals surface area (Å²) in [4.78, 5) is 23.9. The number of alkyl halides is 3. The average Bonchev–Trinajstić information content (AvgIpc) is 3.21. The lowest BCUT2D eigenvalue weighted by Gasteiger charge is -2.32. The van der Waals surface area contributed by atoms with Crippen LogP contribution >= 0.6 is 7.44 Å². The van der Waals surface area contributed by atoms with Gasteiger partial charge >= 0.3 is 12.1 Å². The third-order valence-corrected chi connectivity index (χ3v) is 7.80. The Balaban J connectivity index is 1.75. The summed E-state index contributed by atoms with van der Waals surface area (Å²) >= 11 is 0. The molecule has 0 spiro atoms. The highest BCUT2D eigenvalue weighted by Gasteiger charge is 2.37. The van der Waals surface area contributed by atoms with Crippen molar-refractivity contribution in [1.29, 1.82) is 0 Å². The van der Waals surface area contributed by atoms with Gasteiger partial charge in [-0.2, -0.15) is 13.2 Å². The molecular formula is C22H29F3N7O4P. The predicted molar refractivity (Wildman–Crippen MR) is 131 cm³/mol. The van der Waals surface area contributed by atoms with E-state index >= 15 is 0 Å². The Labute approximate surface area is 211 Å². The van der Waals surface area contributed by atoms with E-state index in [2.05, 4.69) is 25.1 Å². The molecular weight excluding hydrogens is 514 g/mol. The third-order valence-electron chi connectivity index (χ3n) is 5.56. The quantitative estimate of drug-likeness (QED) is 0.262. The Kier molecular flexibility index (Phi) is 8.27. The summed E-state index contributed by atoms with van der Waals surface area (Å²) in [5.74, 6) is -1.02. The molecule has 0 saturated carbocycles. The Bertz CT molecular complexity index is 1300. The van der Waals surface area contributed by atoms with Gasteiger partial charge in [0.15, 0.2) is 11.5 Å². The van der Waals surface area contributed by atoms with E-state index in [-0.39, 0.29) is 12.4 Å². The maximum Gasteiger partial charge on any atom is 0.416 e. The number of anilines is 1. The molecule has 0 saturated heterocycles. The molecule has 0 aliphatic rings. The smallest absolute Gasteiger partial charge is 0.416 e. The van der Waals surface area contributed by atoms with Gasteiger partial charge in [-0.05, 0) is 45.4 Å². The van der Waals surface area contributed by atoms with Crippen LogP contribution in [0, 0.1) is 0 Å². The molecule has 0 fully saturated rings. The van der Waals surface area contributed by atoms with Crippen molar-refractivity contribution >= 4 is 30.4 Å². The maximum absolute atomic E-state index is 13.9. The van der Waals surface area contributed by atoms with Crippen molar-refractivity contribution in [3.63, 3.8) is 0 Å². The number of carboxylic acids is 1. The number of nitrogens with zero attached hydrogens (tertiary/aromatic N) is 4. The molecule has 3 atom stereocenters. The summed E-state index contributed by atoms with van der Waals surface area (Å²) in [5, 5.41) is 15.0. The van der Waals surface area contributed by atoms with Crippen LogP contribution in [0.15, 0.2) is 36.9 Å². The molecule has 37 heavy (non-hydrogen) atoms. The zero-order valence-corrected chi connectivity index (χ0v) is 21.5. The number of imidazole rings is 1. The number of hydrogen-bond donors (Lipinski definition) is 4. The van der Waals surface area contributed by atoms with Crippen LogP contribution in [0.1, 0.15) is 44.9 Å². The lowest BCUT2D eigenvalue weighted by Crippen LogP contribution is -2.47. The van der Waals surface area contributed by atoms with Crippen LogP contribution in [0.5, 0.6) is 0 Å². The number of benzene rings is 1. The first-order valence-corrected chi connectivity index (χ1v) is 13.1.